The lowest BCUT2D eigenvalue weighted by Crippen LogP contribution is -2.32. The minimum atomic E-state index is -4.41. The van der Waals surface area contributed by atoms with Gasteiger partial charge in [-0.1, -0.05) is 6.07 Å². The molecule has 0 aliphatic carbocycles. The summed E-state index contributed by atoms with van der Waals surface area (Å²) in [6.07, 6.45) is -4.41. The minimum absolute atomic E-state index is 0.0603. The van der Waals surface area contributed by atoms with Crippen molar-refractivity contribution in [1.29, 1.82) is 5.41 Å². The molecule has 0 radical (unpaired) electrons. The SMILES string of the molecule is CN(CC(F)(F)F)c1cccc(F)c1C(=N)N. The molecule has 0 aliphatic heterocycles. The fourth-order valence-corrected chi connectivity index (χ4v) is 1.45. The number of nitrogens with two attached hydrogens (primary N) is 1. The summed E-state index contributed by atoms with van der Waals surface area (Å²) in [5, 5.41) is 7.17. The monoisotopic (exact) mass is 249 g/mol. The van der Waals surface area contributed by atoms with Gasteiger partial charge in [0.1, 0.15) is 18.2 Å². The second-order valence-corrected chi connectivity index (χ2v) is 3.52. The van der Waals surface area contributed by atoms with Gasteiger partial charge in [0.2, 0.25) is 0 Å². The summed E-state index contributed by atoms with van der Waals surface area (Å²) in [6.45, 7) is -1.24. The van der Waals surface area contributed by atoms with E-state index in [-0.39, 0.29) is 11.3 Å². The topological polar surface area (TPSA) is 53.1 Å². The predicted molar refractivity (Wildman–Crippen MR) is 56.7 cm³/mol. The van der Waals surface area contributed by atoms with E-state index in [1.807, 2.05) is 0 Å². The third kappa shape index (κ3) is 3.33. The van der Waals surface area contributed by atoms with Crippen molar-refractivity contribution < 1.29 is 17.6 Å². The molecule has 0 aromatic heterocycles. The van der Waals surface area contributed by atoms with Crippen LogP contribution < -0.4 is 10.6 Å². The van der Waals surface area contributed by atoms with Crippen LogP contribution in [-0.2, 0) is 0 Å². The second kappa shape index (κ2) is 4.60. The first-order valence-electron chi connectivity index (χ1n) is 4.63. The Morgan fingerprint density at radius 2 is 2.00 bits per heavy atom. The van der Waals surface area contributed by atoms with Crippen molar-refractivity contribution in [2.45, 2.75) is 6.18 Å². The summed E-state index contributed by atoms with van der Waals surface area (Å²) in [6, 6.07) is 3.59. The molecule has 0 unspecified atom stereocenters. The third-order valence-electron chi connectivity index (χ3n) is 2.09. The van der Waals surface area contributed by atoms with Gasteiger partial charge >= 0.3 is 6.18 Å². The number of nitrogens with one attached hydrogen (secondary N) is 1. The predicted octanol–water partition coefficient (Wildman–Crippen LogP) is 2.11. The Morgan fingerprint density at radius 1 is 1.41 bits per heavy atom. The van der Waals surface area contributed by atoms with Gasteiger partial charge in [0.25, 0.3) is 0 Å². The maximum atomic E-state index is 13.4. The Kier molecular flexibility index (Phi) is 3.59. The molecule has 0 heterocycles. The number of benzene rings is 1. The van der Waals surface area contributed by atoms with Crippen molar-refractivity contribution in [3.63, 3.8) is 0 Å². The fourth-order valence-electron chi connectivity index (χ4n) is 1.45. The Labute approximate surface area is 95.3 Å². The standard InChI is InChI=1S/C10H11F4N3/c1-17(5-10(12,13)14)7-4-2-3-6(11)8(7)9(15)16/h2-4H,5H2,1H3,(H3,15,16). The zero-order valence-corrected chi connectivity index (χ0v) is 8.98. The highest BCUT2D eigenvalue weighted by molar-refractivity contribution is 6.00. The van der Waals surface area contributed by atoms with E-state index in [0.717, 1.165) is 18.0 Å². The van der Waals surface area contributed by atoms with Crippen LogP contribution in [0.25, 0.3) is 0 Å². The van der Waals surface area contributed by atoms with Crippen LogP contribution in [0.3, 0.4) is 0 Å². The molecule has 3 N–H and O–H groups in total. The van der Waals surface area contributed by atoms with Gasteiger partial charge in [-0.25, -0.2) is 4.39 Å². The van der Waals surface area contributed by atoms with E-state index >= 15 is 0 Å². The summed E-state index contributed by atoms with van der Waals surface area (Å²) in [7, 11) is 1.16. The molecule has 1 aromatic rings. The van der Waals surface area contributed by atoms with Crippen molar-refractivity contribution in [2.75, 3.05) is 18.5 Å². The van der Waals surface area contributed by atoms with Crippen LogP contribution in [0.5, 0.6) is 0 Å². The molecule has 0 amide bonds. The van der Waals surface area contributed by atoms with Crippen LogP contribution in [0.2, 0.25) is 0 Å². The lowest BCUT2D eigenvalue weighted by Gasteiger charge is -2.23. The highest BCUT2D eigenvalue weighted by Crippen LogP contribution is 2.25. The second-order valence-electron chi connectivity index (χ2n) is 3.52. The normalized spacial score (nSPS) is 11.4. The van der Waals surface area contributed by atoms with Gasteiger partial charge in [0.05, 0.1) is 11.3 Å². The highest BCUT2D eigenvalue weighted by Gasteiger charge is 2.30. The van der Waals surface area contributed by atoms with Crippen molar-refractivity contribution in [1.82, 2.24) is 0 Å². The Bertz CT molecular complexity index is 428. The fraction of sp³-hybridized carbons (Fsp3) is 0.300. The van der Waals surface area contributed by atoms with E-state index in [2.05, 4.69) is 0 Å². The number of anilines is 1. The minimum Gasteiger partial charge on any atom is -0.384 e. The molecule has 0 aliphatic rings. The molecule has 7 heteroatoms. The maximum Gasteiger partial charge on any atom is 0.405 e. The molecule has 1 aromatic carbocycles. The van der Waals surface area contributed by atoms with Crippen molar-refractivity contribution >= 4 is 11.5 Å². The first-order valence-corrected chi connectivity index (χ1v) is 4.63. The number of hydrogen-bond donors (Lipinski definition) is 2. The van der Waals surface area contributed by atoms with Gasteiger partial charge in [0, 0.05) is 7.05 Å². The Morgan fingerprint density at radius 3 is 2.47 bits per heavy atom. The van der Waals surface area contributed by atoms with Crippen molar-refractivity contribution in [2.24, 2.45) is 5.73 Å². The van der Waals surface area contributed by atoms with E-state index in [9.17, 15) is 17.6 Å². The average Bonchev–Trinajstić information content (AvgIpc) is 2.13. The third-order valence-corrected chi connectivity index (χ3v) is 2.09. The molecule has 3 nitrogen and oxygen atoms in total. The number of nitrogen functional groups attached to an aromatic ring is 1. The molecule has 0 fully saturated rings. The van der Waals surface area contributed by atoms with E-state index in [1.54, 1.807) is 0 Å². The summed E-state index contributed by atoms with van der Waals surface area (Å²) >= 11 is 0. The summed E-state index contributed by atoms with van der Waals surface area (Å²) in [4.78, 5) is 0.805. The lowest BCUT2D eigenvalue weighted by molar-refractivity contribution is -0.119. The maximum absolute atomic E-state index is 13.4. The van der Waals surface area contributed by atoms with E-state index in [1.165, 1.54) is 12.1 Å². The highest BCUT2D eigenvalue weighted by atomic mass is 19.4. The number of nitrogens with zero attached hydrogens (tertiary/aromatic N) is 1. The molecular weight excluding hydrogens is 238 g/mol. The van der Waals surface area contributed by atoms with Gasteiger partial charge in [-0.2, -0.15) is 13.2 Å². The molecule has 17 heavy (non-hydrogen) atoms. The van der Waals surface area contributed by atoms with Crippen LogP contribution >= 0.6 is 0 Å². The first-order chi connectivity index (χ1) is 7.72. The average molecular weight is 249 g/mol. The Balaban J connectivity index is 3.13. The molecule has 0 atom stereocenters. The van der Waals surface area contributed by atoms with Crippen LogP contribution in [0.15, 0.2) is 18.2 Å². The first kappa shape index (κ1) is 13.3. The van der Waals surface area contributed by atoms with Gasteiger partial charge < -0.3 is 10.6 Å². The molecule has 0 bridgehead atoms. The van der Waals surface area contributed by atoms with Crippen molar-refractivity contribution in [3.05, 3.63) is 29.6 Å². The van der Waals surface area contributed by atoms with Crippen molar-refractivity contribution in [3.8, 4) is 0 Å². The smallest absolute Gasteiger partial charge is 0.384 e. The van der Waals surface area contributed by atoms with Crippen LogP contribution in [0.1, 0.15) is 5.56 Å². The summed E-state index contributed by atoms with van der Waals surface area (Å²) < 4.78 is 50.0. The van der Waals surface area contributed by atoms with Crippen LogP contribution in [0.4, 0.5) is 23.2 Å². The summed E-state index contributed by atoms with van der Waals surface area (Å²) in [5.74, 6) is -1.42. The Hall–Kier alpha value is -1.79. The zero-order chi connectivity index (χ0) is 13.2. The van der Waals surface area contributed by atoms with E-state index < -0.39 is 24.4 Å². The van der Waals surface area contributed by atoms with E-state index in [4.69, 9.17) is 11.1 Å². The van der Waals surface area contributed by atoms with Crippen LogP contribution in [0, 0.1) is 11.2 Å². The van der Waals surface area contributed by atoms with Crippen LogP contribution in [-0.4, -0.2) is 25.6 Å². The molecule has 1 rings (SSSR count). The molecule has 0 saturated heterocycles. The van der Waals surface area contributed by atoms with E-state index in [0.29, 0.717) is 0 Å². The largest absolute Gasteiger partial charge is 0.405 e. The van der Waals surface area contributed by atoms with Gasteiger partial charge in [-0.05, 0) is 12.1 Å². The number of alkyl halides is 3. The molecular formula is C10H11F4N3. The number of hydrogen-bond acceptors (Lipinski definition) is 2. The quantitative estimate of drug-likeness (QED) is 0.489. The van der Waals surface area contributed by atoms with Gasteiger partial charge in [-0.15, -0.1) is 0 Å². The molecule has 0 spiro atoms. The molecule has 94 valence electrons. The zero-order valence-electron chi connectivity index (χ0n) is 8.98. The molecule has 0 saturated carbocycles. The number of rotatable bonds is 3. The van der Waals surface area contributed by atoms with Gasteiger partial charge in [-0.3, -0.25) is 5.41 Å². The van der Waals surface area contributed by atoms with Gasteiger partial charge in [0.15, 0.2) is 0 Å². The number of amidine groups is 1. The summed E-state index contributed by atoms with van der Waals surface area (Å²) in [5.41, 5.74) is 4.77. The lowest BCUT2D eigenvalue weighted by atomic mass is 10.1. The number of halogens is 4.